The number of hydrogen-bond donors (Lipinski definition) is 0. The lowest BCUT2D eigenvalue weighted by molar-refractivity contribution is 0.215. The predicted octanol–water partition coefficient (Wildman–Crippen LogP) is 1.98. The van der Waals surface area contributed by atoms with Gasteiger partial charge in [-0.25, -0.2) is 12.7 Å². The van der Waals surface area contributed by atoms with E-state index in [4.69, 9.17) is 5.26 Å². The van der Waals surface area contributed by atoms with Crippen molar-refractivity contribution in [1.29, 1.82) is 5.26 Å². The normalized spacial score (nSPS) is 16.9. The van der Waals surface area contributed by atoms with Crippen LogP contribution in [0.25, 0.3) is 0 Å². The predicted molar refractivity (Wildman–Crippen MR) is 65.3 cm³/mol. The van der Waals surface area contributed by atoms with Gasteiger partial charge in [0.2, 0.25) is 10.0 Å². The number of rotatable bonds is 4. The van der Waals surface area contributed by atoms with E-state index in [2.05, 4.69) is 0 Å². The zero-order chi connectivity index (χ0) is 13.1. The molecule has 0 saturated heterocycles. The highest BCUT2D eigenvalue weighted by Crippen LogP contribution is 2.26. The quantitative estimate of drug-likeness (QED) is 0.762. The van der Waals surface area contributed by atoms with E-state index in [1.807, 2.05) is 33.8 Å². The Morgan fingerprint density at radius 3 is 2.06 bits per heavy atom. The monoisotopic (exact) mass is 246 g/mol. The molecule has 0 fully saturated rings. The van der Waals surface area contributed by atoms with Crippen molar-refractivity contribution >= 4 is 10.0 Å². The maximum absolute atomic E-state index is 12.1. The lowest BCUT2D eigenvalue weighted by atomic mass is 9.88. The third-order valence-corrected chi connectivity index (χ3v) is 5.35. The summed E-state index contributed by atoms with van der Waals surface area (Å²) < 4.78 is 25.5. The molecule has 0 bridgehead atoms. The summed E-state index contributed by atoms with van der Waals surface area (Å²) in [6.07, 6.45) is 0.319. The van der Waals surface area contributed by atoms with Gasteiger partial charge in [-0.1, -0.05) is 27.7 Å². The Kier molecular flexibility index (Phi) is 4.96. The Morgan fingerprint density at radius 1 is 1.38 bits per heavy atom. The van der Waals surface area contributed by atoms with Crippen molar-refractivity contribution in [2.45, 2.75) is 52.3 Å². The van der Waals surface area contributed by atoms with Gasteiger partial charge in [0, 0.05) is 13.1 Å². The fourth-order valence-electron chi connectivity index (χ4n) is 1.34. The van der Waals surface area contributed by atoms with Crippen LogP contribution in [-0.4, -0.2) is 31.1 Å². The van der Waals surface area contributed by atoms with Gasteiger partial charge in [-0.3, -0.25) is 0 Å². The number of sulfonamides is 1. The minimum atomic E-state index is -3.51. The minimum Gasteiger partial charge on any atom is -0.211 e. The Labute approximate surface area is 99.3 Å². The number of nitriles is 1. The molecule has 0 spiro atoms. The molecule has 94 valence electrons. The van der Waals surface area contributed by atoms with Gasteiger partial charge in [-0.15, -0.1) is 0 Å². The summed E-state index contributed by atoms with van der Waals surface area (Å²) in [6.45, 7) is 9.52. The first-order valence-corrected chi connectivity index (χ1v) is 6.95. The smallest absolute Gasteiger partial charge is 0.211 e. The second-order valence-corrected chi connectivity index (χ2v) is 7.30. The average Bonchev–Trinajstić information content (AvgIpc) is 2.15. The van der Waals surface area contributed by atoms with E-state index in [-0.39, 0.29) is 11.5 Å². The van der Waals surface area contributed by atoms with Gasteiger partial charge in [-0.05, 0) is 18.8 Å². The van der Waals surface area contributed by atoms with Crippen LogP contribution >= 0.6 is 0 Å². The van der Waals surface area contributed by atoms with Crippen LogP contribution in [-0.2, 0) is 10.0 Å². The van der Waals surface area contributed by atoms with Gasteiger partial charge in [0.15, 0.2) is 5.25 Å². The van der Waals surface area contributed by atoms with Crippen LogP contribution in [0, 0.1) is 16.7 Å². The topological polar surface area (TPSA) is 61.2 Å². The molecule has 16 heavy (non-hydrogen) atoms. The van der Waals surface area contributed by atoms with E-state index in [1.54, 1.807) is 14.0 Å². The van der Waals surface area contributed by atoms with Crippen LogP contribution in [0.4, 0.5) is 0 Å². The van der Waals surface area contributed by atoms with E-state index >= 15 is 0 Å². The van der Waals surface area contributed by atoms with Gasteiger partial charge >= 0.3 is 0 Å². The largest absolute Gasteiger partial charge is 0.230 e. The fourth-order valence-corrected chi connectivity index (χ4v) is 3.05. The van der Waals surface area contributed by atoms with Crippen molar-refractivity contribution in [2.75, 3.05) is 7.05 Å². The molecule has 0 radical (unpaired) electrons. The van der Waals surface area contributed by atoms with Gasteiger partial charge in [0.1, 0.15) is 0 Å². The fraction of sp³-hybridized carbons (Fsp3) is 0.909. The molecule has 0 aromatic rings. The summed E-state index contributed by atoms with van der Waals surface area (Å²) in [6, 6.07) is 1.71. The summed E-state index contributed by atoms with van der Waals surface area (Å²) >= 11 is 0. The third kappa shape index (κ3) is 3.19. The van der Waals surface area contributed by atoms with E-state index in [0.29, 0.717) is 6.42 Å². The van der Waals surface area contributed by atoms with Crippen LogP contribution in [0.3, 0.4) is 0 Å². The molecule has 0 aromatic heterocycles. The zero-order valence-corrected chi connectivity index (χ0v) is 11.8. The first-order valence-electron chi connectivity index (χ1n) is 5.45. The maximum Gasteiger partial charge on any atom is 0.230 e. The van der Waals surface area contributed by atoms with Crippen LogP contribution in [0.5, 0.6) is 0 Å². The molecular weight excluding hydrogens is 224 g/mol. The van der Waals surface area contributed by atoms with Gasteiger partial charge in [0.25, 0.3) is 0 Å². The standard InChI is InChI=1S/C11H22N2O2S/c1-7-10(8-12)16(14,15)13(6)9(2)11(3,4)5/h9-10H,7H2,1-6H3. The van der Waals surface area contributed by atoms with Crippen molar-refractivity contribution in [2.24, 2.45) is 5.41 Å². The van der Waals surface area contributed by atoms with E-state index in [0.717, 1.165) is 0 Å². The molecule has 0 heterocycles. The van der Waals surface area contributed by atoms with Crippen molar-refractivity contribution in [3.63, 3.8) is 0 Å². The Balaban J connectivity index is 5.14. The number of nitrogens with zero attached hydrogens (tertiary/aromatic N) is 2. The van der Waals surface area contributed by atoms with E-state index in [1.165, 1.54) is 4.31 Å². The van der Waals surface area contributed by atoms with Gasteiger partial charge in [-0.2, -0.15) is 5.26 Å². The molecule has 2 atom stereocenters. The maximum atomic E-state index is 12.1. The highest BCUT2D eigenvalue weighted by Gasteiger charge is 2.35. The van der Waals surface area contributed by atoms with Crippen LogP contribution in [0.2, 0.25) is 0 Å². The molecule has 4 nitrogen and oxygen atoms in total. The second-order valence-electron chi connectivity index (χ2n) is 5.13. The first kappa shape index (κ1) is 15.4. The van der Waals surface area contributed by atoms with Crippen LogP contribution in [0.1, 0.15) is 41.0 Å². The zero-order valence-electron chi connectivity index (χ0n) is 11.0. The Morgan fingerprint density at radius 2 is 1.81 bits per heavy atom. The summed E-state index contributed by atoms with van der Waals surface area (Å²) in [5.74, 6) is 0. The summed E-state index contributed by atoms with van der Waals surface area (Å²) in [7, 11) is -1.96. The SMILES string of the molecule is CCC(C#N)S(=O)(=O)N(C)C(C)C(C)(C)C. The summed E-state index contributed by atoms with van der Waals surface area (Å²) in [4.78, 5) is 0. The van der Waals surface area contributed by atoms with Gasteiger partial charge in [0.05, 0.1) is 6.07 Å². The van der Waals surface area contributed by atoms with Crippen molar-refractivity contribution in [1.82, 2.24) is 4.31 Å². The molecule has 0 amide bonds. The number of hydrogen-bond acceptors (Lipinski definition) is 3. The van der Waals surface area contributed by atoms with Crippen molar-refractivity contribution in [3.05, 3.63) is 0 Å². The molecule has 0 rings (SSSR count). The Hall–Kier alpha value is -0.600. The first-order chi connectivity index (χ1) is 7.08. The third-order valence-electron chi connectivity index (χ3n) is 3.07. The molecule has 0 N–H and O–H groups in total. The highest BCUT2D eigenvalue weighted by atomic mass is 32.2. The average molecular weight is 246 g/mol. The summed E-state index contributed by atoms with van der Waals surface area (Å²) in [5.41, 5.74) is -0.143. The molecule has 0 saturated carbocycles. The Bertz CT molecular complexity index is 362. The van der Waals surface area contributed by atoms with E-state index < -0.39 is 15.3 Å². The van der Waals surface area contributed by atoms with Gasteiger partial charge < -0.3 is 0 Å². The summed E-state index contributed by atoms with van der Waals surface area (Å²) in [5, 5.41) is 7.90. The molecule has 0 aliphatic carbocycles. The van der Waals surface area contributed by atoms with E-state index in [9.17, 15) is 8.42 Å². The van der Waals surface area contributed by atoms with Crippen molar-refractivity contribution < 1.29 is 8.42 Å². The van der Waals surface area contributed by atoms with Crippen molar-refractivity contribution in [3.8, 4) is 6.07 Å². The molecule has 0 aromatic carbocycles. The molecule has 0 aliphatic heterocycles. The van der Waals surface area contributed by atoms with Crippen LogP contribution < -0.4 is 0 Å². The lowest BCUT2D eigenvalue weighted by Crippen LogP contribution is -2.46. The minimum absolute atomic E-state index is 0.139. The lowest BCUT2D eigenvalue weighted by Gasteiger charge is -2.35. The molecule has 0 aliphatic rings. The second kappa shape index (κ2) is 5.15. The highest BCUT2D eigenvalue weighted by molar-refractivity contribution is 7.90. The van der Waals surface area contributed by atoms with Crippen LogP contribution in [0.15, 0.2) is 0 Å². The molecule has 5 heteroatoms. The molecule has 2 unspecified atom stereocenters. The molecular formula is C11H22N2O2S.